The molecule has 0 aromatic heterocycles. The zero-order chi connectivity index (χ0) is 21.2. The monoisotopic (exact) mass is 446 g/mol. The number of rotatable bonds is 11. The van der Waals surface area contributed by atoms with Crippen molar-refractivity contribution in [3.05, 3.63) is 65.7 Å². The zero-order valence-corrected chi connectivity index (χ0v) is 19.7. The highest BCUT2D eigenvalue weighted by Crippen LogP contribution is 2.42. The minimum atomic E-state index is -0.931. The van der Waals surface area contributed by atoms with Gasteiger partial charge in [-0.15, -0.1) is 0 Å². The normalized spacial score (nSPS) is 17.4. The average Bonchev–Trinajstić information content (AvgIpc) is 2.81. The fourth-order valence-corrected chi connectivity index (χ4v) is 4.48. The summed E-state index contributed by atoms with van der Waals surface area (Å²) in [5.41, 5.74) is 1.24. The predicted molar refractivity (Wildman–Crippen MR) is 122 cm³/mol. The van der Waals surface area contributed by atoms with Crippen LogP contribution in [-0.4, -0.2) is 50.0 Å². The topological polar surface area (TPSA) is 41.9 Å². The van der Waals surface area contributed by atoms with Crippen molar-refractivity contribution in [2.75, 3.05) is 40.0 Å². The minimum Gasteiger partial charge on any atom is -1.00 e. The molecule has 0 spiro atoms. The van der Waals surface area contributed by atoms with Crippen molar-refractivity contribution >= 4 is 0 Å². The third-order valence-electron chi connectivity index (χ3n) is 6.32. The van der Waals surface area contributed by atoms with Crippen LogP contribution in [0.1, 0.15) is 56.1 Å². The number of halogens is 1. The Morgan fingerprint density at radius 1 is 1.00 bits per heavy atom. The summed E-state index contributed by atoms with van der Waals surface area (Å²) in [6.07, 6.45) is 5.31. The molecule has 0 amide bonds. The molecule has 1 heterocycles. The highest BCUT2D eigenvalue weighted by molar-refractivity contribution is 5.35. The molecule has 1 N–H and O–H groups in total. The van der Waals surface area contributed by atoms with E-state index < -0.39 is 5.60 Å². The smallest absolute Gasteiger partial charge is 0.118 e. The Kier molecular flexibility index (Phi) is 10.8. The van der Waals surface area contributed by atoms with Crippen molar-refractivity contribution < 1.29 is 27.0 Å². The van der Waals surface area contributed by atoms with Gasteiger partial charge in [0.05, 0.1) is 25.9 Å². The van der Waals surface area contributed by atoms with E-state index in [-0.39, 0.29) is 18.3 Å². The van der Waals surface area contributed by atoms with Gasteiger partial charge in [-0.05, 0) is 29.7 Å². The molecule has 1 aliphatic heterocycles. The Balaban J connectivity index is 0.00000341. The fraction of sp³-hybridized carbons (Fsp3) is 0.538. The molecule has 1 aliphatic rings. The molecule has 5 heteroatoms. The molecule has 2 aromatic carbocycles. The molecule has 2 unspecified atom stereocenters. The lowest BCUT2D eigenvalue weighted by atomic mass is 9.74. The maximum atomic E-state index is 12.3. The molecule has 0 aliphatic carbocycles. The van der Waals surface area contributed by atoms with Crippen LogP contribution < -0.4 is 17.1 Å². The number of unbranched alkanes of at least 4 members (excludes halogenated alkanes) is 3. The number of ether oxygens (including phenoxy) is 2. The van der Waals surface area contributed by atoms with Crippen molar-refractivity contribution in [2.45, 2.75) is 50.5 Å². The summed E-state index contributed by atoms with van der Waals surface area (Å²) in [5, 5.41) is 12.3. The summed E-state index contributed by atoms with van der Waals surface area (Å²) in [4.78, 5) is 2.43. The summed E-state index contributed by atoms with van der Waals surface area (Å²) in [5.74, 6) is 0.809. The van der Waals surface area contributed by atoms with E-state index >= 15 is 0 Å². The van der Waals surface area contributed by atoms with Gasteiger partial charge in [0.1, 0.15) is 5.75 Å². The average molecular weight is 447 g/mol. The Bertz CT molecular complexity index is 734. The van der Waals surface area contributed by atoms with Gasteiger partial charge in [-0.1, -0.05) is 75.1 Å². The number of hydrogen-bond acceptors (Lipinski definition) is 4. The first-order chi connectivity index (χ1) is 14.7. The second-order valence-electron chi connectivity index (χ2n) is 8.34. The maximum Gasteiger partial charge on any atom is 0.118 e. The van der Waals surface area contributed by atoms with Crippen LogP contribution >= 0.6 is 0 Å². The largest absolute Gasteiger partial charge is 1.00 e. The van der Waals surface area contributed by atoms with Gasteiger partial charge >= 0.3 is 0 Å². The van der Waals surface area contributed by atoms with E-state index in [0.29, 0.717) is 0 Å². The van der Waals surface area contributed by atoms with E-state index in [0.717, 1.165) is 63.4 Å². The van der Waals surface area contributed by atoms with E-state index in [1.54, 1.807) is 7.11 Å². The number of morpholine rings is 1. The second-order valence-corrected chi connectivity index (χ2v) is 8.34. The van der Waals surface area contributed by atoms with Crippen molar-refractivity contribution in [1.82, 2.24) is 4.90 Å². The van der Waals surface area contributed by atoms with Crippen LogP contribution in [0.25, 0.3) is 0 Å². The van der Waals surface area contributed by atoms with Gasteiger partial charge in [0.2, 0.25) is 0 Å². The standard InChI is InChI=1S/C26H37NO3.ClH/c1-3-4-5-9-16-26(28,23-12-14-24(29-2)15-13-23)25(22-10-7-6-8-11-22)21-27-17-19-30-20-18-27;/h6-8,10-15,25,28H,3-5,9,16-21H2,1-2H3;1H/p-1. The Morgan fingerprint density at radius 2 is 1.68 bits per heavy atom. The SMILES string of the molecule is CCCCCCC(O)(c1ccc(OC)cc1)C(CN1CCOCC1)c1ccccc1.[Cl-]. The van der Waals surface area contributed by atoms with Crippen LogP contribution in [0.5, 0.6) is 5.75 Å². The molecule has 2 aromatic rings. The van der Waals surface area contributed by atoms with E-state index in [4.69, 9.17) is 9.47 Å². The van der Waals surface area contributed by atoms with E-state index in [9.17, 15) is 5.11 Å². The van der Waals surface area contributed by atoms with Crippen LogP contribution in [0.3, 0.4) is 0 Å². The number of benzene rings is 2. The zero-order valence-electron chi connectivity index (χ0n) is 18.9. The third-order valence-corrected chi connectivity index (χ3v) is 6.32. The molecule has 31 heavy (non-hydrogen) atoms. The van der Waals surface area contributed by atoms with Gasteiger partial charge in [-0.25, -0.2) is 0 Å². The number of aliphatic hydroxyl groups is 1. The highest BCUT2D eigenvalue weighted by atomic mass is 35.5. The van der Waals surface area contributed by atoms with E-state index in [1.165, 1.54) is 18.4 Å². The number of nitrogens with zero attached hydrogens (tertiary/aromatic N) is 1. The van der Waals surface area contributed by atoms with Crippen molar-refractivity contribution in [2.24, 2.45) is 0 Å². The van der Waals surface area contributed by atoms with Crippen LogP contribution in [-0.2, 0) is 10.3 Å². The molecule has 0 saturated carbocycles. The second kappa shape index (κ2) is 13.1. The van der Waals surface area contributed by atoms with Gasteiger partial charge < -0.3 is 27.0 Å². The Morgan fingerprint density at radius 3 is 2.29 bits per heavy atom. The summed E-state index contributed by atoms with van der Waals surface area (Å²) < 4.78 is 10.9. The quantitative estimate of drug-likeness (QED) is 0.536. The summed E-state index contributed by atoms with van der Waals surface area (Å²) in [6.45, 7) is 6.40. The molecule has 2 atom stereocenters. The summed E-state index contributed by atoms with van der Waals surface area (Å²) in [7, 11) is 1.68. The van der Waals surface area contributed by atoms with Gasteiger partial charge in [0, 0.05) is 25.6 Å². The van der Waals surface area contributed by atoms with Crippen LogP contribution in [0.4, 0.5) is 0 Å². The van der Waals surface area contributed by atoms with E-state index in [2.05, 4.69) is 36.1 Å². The Hall–Kier alpha value is -1.59. The van der Waals surface area contributed by atoms with Gasteiger partial charge in [0.25, 0.3) is 0 Å². The molecule has 0 radical (unpaired) electrons. The molecule has 4 nitrogen and oxygen atoms in total. The van der Waals surface area contributed by atoms with Gasteiger partial charge in [-0.2, -0.15) is 0 Å². The molecule has 1 saturated heterocycles. The summed E-state index contributed by atoms with van der Waals surface area (Å²) >= 11 is 0. The molecule has 172 valence electrons. The first-order valence-electron chi connectivity index (χ1n) is 11.4. The lowest BCUT2D eigenvalue weighted by Gasteiger charge is -2.41. The maximum absolute atomic E-state index is 12.3. The molecular weight excluding hydrogens is 410 g/mol. The molecule has 3 rings (SSSR count). The fourth-order valence-electron chi connectivity index (χ4n) is 4.48. The highest BCUT2D eigenvalue weighted by Gasteiger charge is 2.40. The first kappa shape index (κ1) is 25.7. The first-order valence-corrected chi connectivity index (χ1v) is 11.4. The minimum absolute atomic E-state index is 0. The predicted octanol–water partition coefficient (Wildman–Crippen LogP) is 1.97. The third kappa shape index (κ3) is 6.95. The van der Waals surface area contributed by atoms with E-state index in [1.807, 2.05) is 30.3 Å². The van der Waals surface area contributed by atoms with Gasteiger partial charge in [-0.3, -0.25) is 4.90 Å². The van der Waals surface area contributed by atoms with Crippen molar-refractivity contribution in [3.8, 4) is 5.75 Å². The number of methoxy groups -OCH3 is 1. The van der Waals surface area contributed by atoms with Crippen LogP contribution in [0, 0.1) is 0 Å². The molecular formula is C26H37ClNO3-. The molecule has 1 fully saturated rings. The summed E-state index contributed by atoms with van der Waals surface area (Å²) in [6, 6.07) is 18.5. The van der Waals surface area contributed by atoms with Crippen molar-refractivity contribution in [3.63, 3.8) is 0 Å². The lowest BCUT2D eigenvalue weighted by molar-refractivity contribution is -0.0296. The molecule has 0 bridgehead atoms. The van der Waals surface area contributed by atoms with Gasteiger partial charge in [0.15, 0.2) is 0 Å². The Labute approximate surface area is 194 Å². The van der Waals surface area contributed by atoms with Crippen LogP contribution in [0.15, 0.2) is 54.6 Å². The van der Waals surface area contributed by atoms with Crippen molar-refractivity contribution in [1.29, 1.82) is 0 Å². The number of hydrogen-bond donors (Lipinski definition) is 1. The van der Waals surface area contributed by atoms with Crippen LogP contribution in [0.2, 0.25) is 0 Å². The lowest BCUT2D eigenvalue weighted by Crippen LogP contribution is -3.00.